The van der Waals surface area contributed by atoms with Crippen molar-refractivity contribution >= 4 is 25.7 Å². The predicted molar refractivity (Wildman–Crippen MR) is 151 cm³/mol. The van der Waals surface area contributed by atoms with Crippen LogP contribution in [0.1, 0.15) is 142 Å². The summed E-state index contributed by atoms with van der Waals surface area (Å²) in [5, 5.41) is 2.82. The Hall–Kier alpha value is 0.520. The molecule has 42 heavy (non-hydrogen) atoms. The molecule has 0 rings (SSSR count). The minimum absolute atomic E-state index is 0. The molecule has 0 aliphatic heterocycles. The summed E-state index contributed by atoms with van der Waals surface area (Å²) < 4.78 is 25.4. The number of esters is 2. The zero-order valence-electron chi connectivity index (χ0n) is 27.0. The van der Waals surface area contributed by atoms with E-state index in [1.807, 2.05) is 0 Å². The van der Waals surface area contributed by atoms with Gasteiger partial charge in [0.15, 0.2) is 6.10 Å². The molecule has 0 aromatic rings. The van der Waals surface area contributed by atoms with E-state index in [2.05, 4.69) is 16.8 Å². The largest absolute Gasteiger partial charge is 1.00 e. The maximum absolute atomic E-state index is 12.1. The SMILES string of the molecule is CCCCCCCCC(=O)O[C@H](COC(=O)CCCCCCCCCCCCCCNC(C)=O)COP(=O)([O-])[O-].[Na+].[Na+]. The molecular weight excluding hydrogens is 583 g/mol. The van der Waals surface area contributed by atoms with Gasteiger partial charge in [-0.05, 0) is 19.3 Å². The molecule has 1 amide bonds. The van der Waals surface area contributed by atoms with E-state index in [0.717, 1.165) is 70.8 Å². The Labute approximate surface area is 298 Å². The molecular formula is C29H54NNa2O9P. The number of unbranched alkanes of at least 4 members (excludes halogenated alkanes) is 16. The molecule has 236 valence electrons. The van der Waals surface area contributed by atoms with Crippen molar-refractivity contribution in [2.75, 3.05) is 19.8 Å². The van der Waals surface area contributed by atoms with Gasteiger partial charge in [0.05, 0.1) is 14.4 Å². The minimum Gasteiger partial charge on any atom is -0.790 e. The third-order valence-corrected chi connectivity index (χ3v) is 7.03. The van der Waals surface area contributed by atoms with Crippen LogP contribution in [0.3, 0.4) is 0 Å². The van der Waals surface area contributed by atoms with Gasteiger partial charge in [0.1, 0.15) is 6.61 Å². The van der Waals surface area contributed by atoms with Gasteiger partial charge in [0, 0.05) is 26.3 Å². The zero-order valence-corrected chi connectivity index (χ0v) is 31.9. The van der Waals surface area contributed by atoms with E-state index in [4.69, 9.17) is 9.47 Å². The van der Waals surface area contributed by atoms with E-state index in [-0.39, 0.29) is 84.5 Å². The summed E-state index contributed by atoms with van der Waals surface area (Å²) in [6, 6.07) is 0. The summed E-state index contributed by atoms with van der Waals surface area (Å²) in [7, 11) is -5.24. The molecule has 0 aliphatic carbocycles. The van der Waals surface area contributed by atoms with Crippen molar-refractivity contribution in [2.45, 2.75) is 148 Å². The fraction of sp³-hybridized carbons (Fsp3) is 0.897. The van der Waals surface area contributed by atoms with Crippen molar-refractivity contribution in [3.8, 4) is 0 Å². The second-order valence-electron chi connectivity index (χ2n) is 10.5. The van der Waals surface area contributed by atoms with Gasteiger partial charge in [-0.25, -0.2) is 0 Å². The van der Waals surface area contributed by atoms with Gasteiger partial charge in [-0.2, -0.15) is 0 Å². The third-order valence-electron chi connectivity index (χ3n) is 6.56. The van der Waals surface area contributed by atoms with Gasteiger partial charge in [-0.1, -0.05) is 103 Å². The second kappa shape index (κ2) is 32.9. The molecule has 0 bridgehead atoms. The summed E-state index contributed by atoms with van der Waals surface area (Å²) in [6.07, 6.45) is 18.5. The average Bonchev–Trinajstić information content (AvgIpc) is 2.89. The van der Waals surface area contributed by atoms with Crippen LogP contribution < -0.4 is 74.2 Å². The molecule has 0 aliphatic rings. The number of carbonyl (C=O) groups is 3. The molecule has 0 unspecified atom stereocenters. The van der Waals surface area contributed by atoms with Gasteiger partial charge < -0.3 is 33.7 Å². The molecule has 1 atom stereocenters. The molecule has 0 fully saturated rings. The van der Waals surface area contributed by atoms with Crippen molar-refractivity contribution in [1.29, 1.82) is 0 Å². The van der Waals surface area contributed by atoms with Gasteiger partial charge >= 0.3 is 71.1 Å². The number of hydrogen-bond donors (Lipinski definition) is 1. The maximum atomic E-state index is 12.1. The van der Waals surface area contributed by atoms with Gasteiger partial charge in [-0.15, -0.1) is 0 Å². The molecule has 0 saturated heterocycles. The summed E-state index contributed by atoms with van der Waals surface area (Å²) >= 11 is 0. The van der Waals surface area contributed by atoms with Crippen LogP contribution in [0.15, 0.2) is 0 Å². The van der Waals surface area contributed by atoms with Gasteiger partial charge in [0.2, 0.25) is 5.91 Å². The topological polar surface area (TPSA) is 154 Å². The number of carbonyl (C=O) groups excluding carboxylic acids is 3. The Balaban J connectivity index is -0.00000760. The average molecular weight is 638 g/mol. The van der Waals surface area contributed by atoms with Crippen LogP contribution in [-0.4, -0.2) is 43.7 Å². The smallest absolute Gasteiger partial charge is 0.790 e. The van der Waals surface area contributed by atoms with Crippen LogP contribution in [-0.2, 0) is 32.9 Å². The van der Waals surface area contributed by atoms with E-state index in [9.17, 15) is 28.7 Å². The number of nitrogens with one attached hydrogen (secondary N) is 1. The molecule has 10 nitrogen and oxygen atoms in total. The van der Waals surface area contributed by atoms with Gasteiger partial charge in [0.25, 0.3) is 0 Å². The first-order valence-corrected chi connectivity index (χ1v) is 16.9. The molecule has 0 saturated carbocycles. The maximum Gasteiger partial charge on any atom is 1.00 e. The van der Waals surface area contributed by atoms with E-state index < -0.39 is 32.5 Å². The molecule has 0 aromatic carbocycles. The Morgan fingerprint density at radius 1 is 0.667 bits per heavy atom. The minimum atomic E-state index is -5.24. The fourth-order valence-corrected chi connectivity index (χ4v) is 4.62. The summed E-state index contributed by atoms with van der Waals surface area (Å²) in [4.78, 5) is 56.6. The molecule has 1 N–H and O–H groups in total. The molecule has 0 spiro atoms. The number of hydrogen-bond acceptors (Lipinski definition) is 9. The Morgan fingerprint density at radius 2 is 1.10 bits per heavy atom. The number of amides is 1. The Morgan fingerprint density at radius 3 is 1.55 bits per heavy atom. The summed E-state index contributed by atoms with van der Waals surface area (Å²) in [5.74, 6) is -0.959. The van der Waals surface area contributed by atoms with Crippen LogP contribution >= 0.6 is 7.82 Å². The summed E-state index contributed by atoms with van der Waals surface area (Å²) in [6.45, 7) is 3.42. The first-order chi connectivity index (χ1) is 19.1. The van der Waals surface area contributed by atoms with Crippen molar-refractivity contribution in [2.24, 2.45) is 0 Å². The normalized spacial score (nSPS) is 11.6. The Bertz CT molecular complexity index is 711. The molecule has 13 heteroatoms. The zero-order chi connectivity index (χ0) is 29.9. The van der Waals surface area contributed by atoms with Crippen LogP contribution in [0.5, 0.6) is 0 Å². The van der Waals surface area contributed by atoms with Gasteiger partial charge in [-0.3, -0.25) is 14.4 Å². The quantitative estimate of drug-likeness (QED) is 0.0505. The Kier molecular flexibility index (Phi) is 36.8. The van der Waals surface area contributed by atoms with Crippen LogP contribution in [0, 0.1) is 0 Å². The molecule has 0 heterocycles. The van der Waals surface area contributed by atoms with Crippen molar-refractivity contribution in [3.05, 3.63) is 0 Å². The van der Waals surface area contributed by atoms with Crippen molar-refractivity contribution in [3.63, 3.8) is 0 Å². The van der Waals surface area contributed by atoms with Crippen molar-refractivity contribution in [1.82, 2.24) is 5.32 Å². The first kappa shape index (κ1) is 46.9. The number of phosphoric ester groups is 1. The molecule has 0 radical (unpaired) electrons. The van der Waals surface area contributed by atoms with E-state index in [0.29, 0.717) is 12.8 Å². The first-order valence-electron chi connectivity index (χ1n) is 15.4. The van der Waals surface area contributed by atoms with E-state index in [1.165, 1.54) is 38.5 Å². The van der Waals surface area contributed by atoms with E-state index in [1.54, 1.807) is 6.92 Å². The van der Waals surface area contributed by atoms with Crippen molar-refractivity contribution < 1.29 is 102 Å². The number of phosphoric acid groups is 1. The van der Waals surface area contributed by atoms with E-state index >= 15 is 0 Å². The van der Waals surface area contributed by atoms with Crippen LogP contribution in [0.4, 0.5) is 0 Å². The second-order valence-corrected chi connectivity index (χ2v) is 11.7. The number of ether oxygens (including phenoxy) is 2. The third kappa shape index (κ3) is 36.7. The van der Waals surface area contributed by atoms with Crippen LogP contribution in [0.25, 0.3) is 0 Å². The molecule has 0 aromatic heterocycles. The monoisotopic (exact) mass is 637 g/mol. The number of rotatable bonds is 28. The standard InChI is InChI=1S/C29H56NO9P.2Na/c1-3-4-5-6-15-19-22-29(33)39-27(25-38-40(34,35)36)24-37-28(32)21-18-16-13-11-9-7-8-10-12-14-17-20-23-30-26(2)31;;/h27H,3-25H2,1-2H3,(H,30,31)(H2,34,35,36);;/q;2*+1/p-2/t27-;;/m1../s1. The predicted octanol–water partition coefficient (Wildman–Crippen LogP) is -0.747. The fourth-order valence-electron chi connectivity index (χ4n) is 4.27. The summed E-state index contributed by atoms with van der Waals surface area (Å²) in [5.41, 5.74) is 0. The van der Waals surface area contributed by atoms with Crippen LogP contribution in [0.2, 0.25) is 0 Å².